The largest absolute Gasteiger partial charge is 0.383 e. The Bertz CT molecular complexity index is 560. The summed E-state index contributed by atoms with van der Waals surface area (Å²) in [6, 6.07) is 4.78. The summed E-state index contributed by atoms with van der Waals surface area (Å²) in [5.74, 6) is -0.628. The minimum atomic E-state index is -0.385. The van der Waals surface area contributed by atoms with E-state index in [1.165, 1.54) is 0 Å². The smallest absolute Gasteiger partial charge is 0.229 e. The van der Waals surface area contributed by atoms with Gasteiger partial charge in [-0.15, -0.1) is 0 Å². The highest BCUT2D eigenvalue weighted by atomic mass is 35.5. The molecule has 22 heavy (non-hydrogen) atoms. The van der Waals surface area contributed by atoms with E-state index in [1.807, 2.05) is 6.92 Å². The van der Waals surface area contributed by atoms with Crippen molar-refractivity contribution in [3.8, 4) is 0 Å². The second-order valence-electron chi connectivity index (χ2n) is 5.40. The number of amides is 2. The number of nitrogens with one attached hydrogen (secondary N) is 1. The highest BCUT2D eigenvalue weighted by molar-refractivity contribution is 6.35. The van der Waals surface area contributed by atoms with Crippen LogP contribution in [0.15, 0.2) is 18.2 Å². The molecule has 2 rings (SSSR count). The maximum Gasteiger partial charge on any atom is 0.229 e. The Morgan fingerprint density at radius 3 is 2.64 bits per heavy atom. The molecule has 1 heterocycles. The second kappa shape index (κ2) is 7.31. The standard InChI is InChI=1S/C15H18Cl2N2O3/c1-9(8-22-2)19-7-10(3-14(19)20)15(21)18-13-5-11(16)4-12(17)6-13/h4-6,9-10H,3,7-8H2,1-2H3,(H,18,21)/t9-,10+/m1/s1. The Hall–Kier alpha value is -1.30. The number of hydrogen-bond acceptors (Lipinski definition) is 3. The first-order chi connectivity index (χ1) is 10.4. The van der Waals surface area contributed by atoms with Crippen molar-refractivity contribution in [2.45, 2.75) is 19.4 Å². The van der Waals surface area contributed by atoms with Gasteiger partial charge in [-0.3, -0.25) is 9.59 Å². The number of likely N-dealkylation sites (tertiary alicyclic amines) is 1. The van der Waals surface area contributed by atoms with Gasteiger partial charge in [-0.2, -0.15) is 0 Å². The van der Waals surface area contributed by atoms with Crippen LogP contribution in [0.3, 0.4) is 0 Å². The lowest BCUT2D eigenvalue weighted by Crippen LogP contribution is -2.38. The van der Waals surface area contributed by atoms with E-state index >= 15 is 0 Å². The number of rotatable bonds is 5. The molecule has 1 saturated heterocycles. The molecule has 1 aliphatic heterocycles. The molecule has 0 aromatic heterocycles. The van der Waals surface area contributed by atoms with Crippen LogP contribution in [-0.4, -0.2) is 43.0 Å². The zero-order valence-electron chi connectivity index (χ0n) is 12.4. The molecule has 1 fully saturated rings. The molecule has 0 saturated carbocycles. The molecule has 0 unspecified atom stereocenters. The number of benzene rings is 1. The van der Waals surface area contributed by atoms with Crippen LogP contribution >= 0.6 is 23.2 Å². The molecular weight excluding hydrogens is 327 g/mol. The number of nitrogens with zero attached hydrogens (tertiary/aromatic N) is 1. The van der Waals surface area contributed by atoms with Gasteiger partial charge in [-0.1, -0.05) is 23.2 Å². The van der Waals surface area contributed by atoms with E-state index in [0.717, 1.165) is 0 Å². The van der Waals surface area contributed by atoms with E-state index in [4.69, 9.17) is 27.9 Å². The van der Waals surface area contributed by atoms with E-state index in [-0.39, 0.29) is 30.2 Å². The van der Waals surface area contributed by atoms with E-state index in [0.29, 0.717) is 28.9 Å². The normalized spacial score (nSPS) is 19.4. The quantitative estimate of drug-likeness (QED) is 0.893. The van der Waals surface area contributed by atoms with E-state index in [1.54, 1.807) is 30.2 Å². The Kier molecular flexibility index (Phi) is 5.67. The van der Waals surface area contributed by atoms with Crippen LogP contribution in [0.1, 0.15) is 13.3 Å². The molecule has 1 aromatic rings. The van der Waals surface area contributed by atoms with Crippen molar-refractivity contribution < 1.29 is 14.3 Å². The average Bonchev–Trinajstić information content (AvgIpc) is 2.80. The Labute approximate surface area is 139 Å². The maximum absolute atomic E-state index is 12.3. The third-order valence-corrected chi connectivity index (χ3v) is 4.04. The van der Waals surface area contributed by atoms with Gasteiger partial charge >= 0.3 is 0 Å². The molecule has 1 aliphatic rings. The molecule has 5 nitrogen and oxygen atoms in total. The van der Waals surface area contributed by atoms with Crippen LogP contribution < -0.4 is 5.32 Å². The molecule has 120 valence electrons. The fourth-order valence-corrected chi connectivity index (χ4v) is 3.06. The van der Waals surface area contributed by atoms with Gasteiger partial charge in [0, 0.05) is 35.8 Å². The van der Waals surface area contributed by atoms with Crippen molar-refractivity contribution in [2.24, 2.45) is 5.92 Å². The SMILES string of the molecule is COC[C@@H](C)N1C[C@@H](C(=O)Nc2cc(Cl)cc(Cl)c2)CC1=O. The topological polar surface area (TPSA) is 58.6 Å². The van der Waals surface area contributed by atoms with Gasteiger partial charge in [0.25, 0.3) is 0 Å². The summed E-state index contributed by atoms with van der Waals surface area (Å²) in [5, 5.41) is 3.65. The first-order valence-corrected chi connectivity index (χ1v) is 7.71. The minimum Gasteiger partial charge on any atom is -0.383 e. The van der Waals surface area contributed by atoms with Crippen LogP contribution in [0.4, 0.5) is 5.69 Å². The lowest BCUT2D eigenvalue weighted by Gasteiger charge is -2.23. The van der Waals surface area contributed by atoms with Crippen LogP contribution in [0.2, 0.25) is 10.0 Å². The molecule has 0 aliphatic carbocycles. The molecule has 1 N–H and O–H groups in total. The zero-order valence-corrected chi connectivity index (χ0v) is 13.9. The maximum atomic E-state index is 12.3. The summed E-state index contributed by atoms with van der Waals surface area (Å²) >= 11 is 11.8. The fourth-order valence-electron chi connectivity index (χ4n) is 2.53. The Morgan fingerprint density at radius 2 is 2.05 bits per heavy atom. The van der Waals surface area contributed by atoms with Gasteiger partial charge in [0.2, 0.25) is 11.8 Å². The number of carbonyl (C=O) groups is 2. The van der Waals surface area contributed by atoms with E-state index in [2.05, 4.69) is 5.32 Å². The van der Waals surface area contributed by atoms with Crippen molar-refractivity contribution in [3.63, 3.8) is 0 Å². The molecular formula is C15H18Cl2N2O3. The van der Waals surface area contributed by atoms with Gasteiger partial charge in [-0.25, -0.2) is 0 Å². The van der Waals surface area contributed by atoms with Crippen molar-refractivity contribution in [1.82, 2.24) is 4.90 Å². The number of methoxy groups -OCH3 is 1. The van der Waals surface area contributed by atoms with Gasteiger partial charge < -0.3 is 15.0 Å². The molecule has 1 aromatic carbocycles. The highest BCUT2D eigenvalue weighted by Crippen LogP contribution is 2.25. The molecule has 2 atom stereocenters. The summed E-state index contributed by atoms with van der Waals surface area (Å²) in [7, 11) is 1.59. The monoisotopic (exact) mass is 344 g/mol. The summed E-state index contributed by atoms with van der Waals surface area (Å²) in [5.41, 5.74) is 0.526. The number of halogens is 2. The number of ether oxygens (including phenoxy) is 1. The van der Waals surface area contributed by atoms with Crippen molar-refractivity contribution >= 4 is 40.7 Å². The highest BCUT2D eigenvalue weighted by Gasteiger charge is 2.36. The lowest BCUT2D eigenvalue weighted by molar-refractivity contribution is -0.130. The first kappa shape index (κ1) is 17.1. The number of hydrogen-bond donors (Lipinski definition) is 1. The van der Waals surface area contributed by atoms with E-state index < -0.39 is 0 Å². The lowest BCUT2D eigenvalue weighted by atomic mass is 10.1. The second-order valence-corrected chi connectivity index (χ2v) is 6.27. The predicted molar refractivity (Wildman–Crippen MR) is 86.2 cm³/mol. The summed E-state index contributed by atoms with van der Waals surface area (Å²) < 4.78 is 5.06. The van der Waals surface area contributed by atoms with Crippen molar-refractivity contribution in [1.29, 1.82) is 0 Å². The van der Waals surface area contributed by atoms with Gasteiger partial charge in [0.05, 0.1) is 18.6 Å². The van der Waals surface area contributed by atoms with E-state index in [9.17, 15) is 9.59 Å². The molecule has 7 heteroatoms. The predicted octanol–water partition coefficient (Wildman–Crippen LogP) is 2.82. The molecule has 0 radical (unpaired) electrons. The van der Waals surface area contributed by atoms with Gasteiger partial charge in [-0.05, 0) is 25.1 Å². The summed E-state index contributed by atoms with van der Waals surface area (Å²) in [6.45, 7) is 2.74. The summed E-state index contributed by atoms with van der Waals surface area (Å²) in [4.78, 5) is 26.0. The minimum absolute atomic E-state index is 0.0335. The van der Waals surface area contributed by atoms with Crippen LogP contribution in [0, 0.1) is 5.92 Å². The summed E-state index contributed by atoms with van der Waals surface area (Å²) in [6.07, 6.45) is 0.203. The zero-order chi connectivity index (χ0) is 16.3. The van der Waals surface area contributed by atoms with Crippen LogP contribution in [0.5, 0.6) is 0 Å². The molecule has 2 amide bonds. The number of anilines is 1. The van der Waals surface area contributed by atoms with Crippen LogP contribution in [0.25, 0.3) is 0 Å². The van der Waals surface area contributed by atoms with Crippen molar-refractivity contribution in [2.75, 3.05) is 25.6 Å². The van der Waals surface area contributed by atoms with Crippen LogP contribution in [-0.2, 0) is 14.3 Å². The molecule has 0 spiro atoms. The van der Waals surface area contributed by atoms with Crippen molar-refractivity contribution in [3.05, 3.63) is 28.2 Å². The third-order valence-electron chi connectivity index (χ3n) is 3.60. The average molecular weight is 345 g/mol. The fraction of sp³-hybridized carbons (Fsp3) is 0.467. The van der Waals surface area contributed by atoms with Gasteiger partial charge in [0.1, 0.15) is 0 Å². The Morgan fingerprint density at radius 1 is 1.41 bits per heavy atom. The molecule has 0 bridgehead atoms. The Balaban J connectivity index is 2.00. The number of carbonyl (C=O) groups excluding carboxylic acids is 2. The third kappa shape index (κ3) is 4.12. The van der Waals surface area contributed by atoms with Gasteiger partial charge in [0.15, 0.2) is 0 Å². The first-order valence-electron chi connectivity index (χ1n) is 6.96.